The molecule has 6 heteroatoms. The zero-order chi connectivity index (χ0) is 5.21. The zero-order valence-corrected chi connectivity index (χ0v) is 4.78. The molecule has 0 aliphatic carbocycles. The Kier molecular flexibility index (Phi) is 2.13. The molecular formula is H2AlO4P. The van der Waals surface area contributed by atoms with Gasteiger partial charge in [0.2, 0.25) is 0 Å². The van der Waals surface area contributed by atoms with Crippen molar-refractivity contribution in [3.8, 4) is 0 Å². The first-order valence-electron chi connectivity index (χ1n) is 1.08. The van der Waals surface area contributed by atoms with E-state index in [1.54, 1.807) is 0 Å². The van der Waals surface area contributed by atoms with Gasteiger partial charge in [0.05, 0.1) is 0 Å². The van der Waals surface area contributed by atoms with Crippen LogP contribution in [0, 0.1) is 0 Å². The Labute approximate surface area is 39.9 Å². The van der Waals surface area contributed by atoms with Crippen LogP contribution in [0.5, 0.6) is 0 Å². The van der Waals surface area contributed by atoms with Crippen LogP contribution in [-0.4, -0.2) is 24.5 Å². The summed E-state index contributed by atoms with van der Waals surface area (Å²) in [7, 11) is 0. The van der Waals surface area contributed by atoms with Crippen molar-refractivity contribution in [2.24, 2.45) is 0 Å². The van der Waals surface area contributed by atoms with Crippen LogP contribution in [0.2, 0.25) is 0 Å². The molecule has 0 rings (SSSR count). The molecule has 4 nitrogen and oxygen atoms in total. The van der Waals surface area contributed by atoms with Gasteiger partial charge in [0.25, 0.3) is 0 Å². The molecular weight excluding hydrogens is 122 g/mol. The second kappa shape index (κ2) is 1.97. The van der Waals surface area contributed by atoms with Crippen molar-refractivity contribution < 1.29 is 18.2 Å². The maximum atomic E-state index is 9.42. The van der Waals surface area contributed by atoms with E-state index in [-0.39, 0.29) is 0 Å². The van der Waals surface area contributed by atoms with Crippen molar-refractivity contribution in [2.75, 3.05) is 0 Å². The predicted octanol–water partition coefficient (Wildman–Crippen LogP) is -0.871. The van der Waals surface area contributed by atoms with Crippen molar-refractivity contribution in [3.05, 3.63) is 0 Å². The Morgan fingerprint density at radius 3 is 1.67 bits per heavy atom. The third-order valence-corrected chi connectivity index (χ3v) is 1.24. The van der Waals surface area contributed by atoms with Crippen LogP contribution in [0.4, 0.5) is 0 Å². The summed E-state index contributed by atoms with van der Waals surface area (Å²) in [5.41, 5.74) is 0. The predicted molar refractivity (Wildman–Crippen MR) is 18.5 cm³/mol. The van der Waals surface area contributed by atoms with E-state index in [1.165, 1.54) is 0 Å². The van der Waals surface area contributed by atoms with Gasteiger partial charge in [0.1, 0.15) is 0 Å². The topological polar surface area (TPSA) is 74.6 Å². The Balaban J connectivity index is 3.81. The van der Waals surface area contributed by atoms with Gasteiger partial charge in [-0.05, 0) is 0 Å². The maximum absolute atomic E-state index is 9.42. The minimum atomic E-state index is -4.12. The Morgan fingerprint density at radius 2 is 1.67 bits per heavy atom. The third-order valence-electron chi connectivity index (χ3n) is 0.137. The Hall–Kier alpha value is 0.482. The number of hydrogen-bond acceptors (Lipinski definition) is 2. The second-order valence-corrected chi connectivity index (χ2v) is 4.73. The van der Waals surface area contributed by atoms with Crippen molar-refractivity contribution >= 4 is 20.9 Å². The summed E-state index contributed by atoms with van der Waals surface area (Å²) >= 11 is -1.92. The molecule has 0 saturated heterocycles. The molecule has 0 heterocycles. The molecule has 0 radical (unpaired) electrons. The summed E-state index contributed by atoms with van der Waals surface area (Å²) in [4.78, 5) is 15.3. The van der Waals surface area contributed by atoms with Crippen molar-refractivity contribution in [2.45, 2.75) is 0 Å². The summed E-state index contributed by atoms with van der Waals surface area (Å²) < 4.78 is 18.7. The monoisotopic (exact) mass is 124 g/mol. The first-order chi connectivity index (χ1) is 2.56. The Bertz CT molecular complexity index is 89.7. The normalized spacial score (nSPS) is 10.3. The quantitative estimate of drug-likeness (QED) is 0.352. The van der Waals surface area contributed by atoms with E-state index < -0.39 is 20.9 Å². The molecule has 0 aliphatic rings. The summed E-state index contributed by atoms with van der Waals surface area (Å²) in [6.45, 7) is 0. The summed E-state index contributed by atoms with van der Waals surface area (Å²) in [5.74, 6) is 0. The van der Waals surface area contributed by atoms with Crippen molar-refractivity contribution in [3.63, 3.8) is 0 Å². The fraction of sp³-hybridized carbons (Fsp3) is 0. The molecule has 0 aromatic carbocycles. The minimum absolute atomic E-state index is 1.92. The first kappa shape index (κ1) is 6.48. The fourth-order valence-corrected chi connectivity index (χ4v) is 0. The molecule has 0 unspecified atom stereocenters. The fourth-order valence-electron chi connectivity index (χ4n) is 0. The van der Waals surface area contributed by atoms with Gasteiger partial charge in [-0.1, -0.05) is 0 Å². The van der Waals surface area contributed by atoms with Gasteiger partial charge >= 0.3 is 39.1 Å². The molecule has 0 spiro atoms. The van der Waals surface area contributed by atoms with Crippen LogP contribution in [0.3, 0.4) is 0 Å². The summed E-state index contributed by atoms with van der Waals surface area (Å²) in [5, 5.41) is 0. The van der Waals surface area contributed by atoms with Gasteiger partial charge in [-0.3, -0.25) is 0 Å². The number of hydrogen-bond donors (Lipinski definition) is 2. The molecule has 2 N–H and O–H groups in total. The van der Waals surface area contributed by atoms with E-state index in [0.29, 0.717) is 0 Å². The zero-order valence-electron chi connectivity index (χ0n) is 2.74. The van der Waals surface area contributed by atoms with Crippen LogP contribution < -0.4 is 0 Å². The average Bonchev–Trinajstić information content (AvgIpc) is 1.35. The van der Waals surface area contributed by atoms with Gasteiger partial charge in [-0.25, -0.2) is 0 Å². The average molecular weight is 124 g/mol. The number of rotatable bonds is 1. The van der Waals surface area contributed by atoms with E-state index in [1.807, 2.05) is 0 Å². The molecule has 0 atom stereocenters. The summed E-state index contributed by atoms with van der Waals surface area (Å²) in [6.07, 6.45) is -4.12. The molecule has 0 aromatic rings. The molecule has 0 fully saturated rings. The first-order valence-corrected chi connectivity index (χ1v) is 4.78. The molecule has 0 bridgehead atoms. The molecule has 0 saturated carbocycles. The van der Waals surface area contributed by atoms with E-state index in [4.69, 9.17) is 9.79 Å². The van der Waals surface area contributed by atoms with Gasteiger partial charge in [-0.2, -0.15) is 0 Å². The van der Waals surface area contributed by atoms with E-state index in [0.717, 1.165) is 0 Å². The molecule has 0 aromatic heterocycles. The molecule has 0 amide bonds. The van der Waals surface area contributed by atoms with E-state index in [2.05, 4.69) is 0 Å². The van der Waals surface area contributed by atoms with Crippen LogP contribution in [0.1, 0.15) is 0 Å². The van der Waals surface area contributed by atoms with Gasteiger partial charge in [0.15, 0.2) is 0 Å². The van der Waals surface area contributed by atoms with Crippen LogP contribution in [0.15, 0.2) is 0 Å². The standard InChI is InChI=1S/Al.HO3P.O/c;1-4(2)3;/h;(H-,1,2,3);/q-1;;/p+1. The van der Waals surface area contributed by atoms with Crippen molar-refractivity contribution in [1.82, 2.24) is 0 Å². The second-order valence-electron chi connectivity index (χ2n) is 0.695. The van der Waals surface area contributed by atoms with Gasteiger partial charge in [0, 0.05) is 0 Å². The van der Waals surface area contributed by atoms with Gasteiger partial charge < -0.3 is 0 Å². The van der Waals surface area contributed by atoms with E-state index >= 15 is 0 Å². The van der Waals surface area contributed by atoms with Crippen molar-refractivity contribution in [1.29, 1.82) is 0 Å². The Morgan fingerprint density at radius 1 is 1.50 bits per heavy atom. The van der Waals surface area contributed by atoms with Crippen LogP contribution in [-0.2, 0) is 8.37 Å². The van der Waals surface area contributed by atoms with Gasteiger partial charge in [-0.15, -0.1) is 0 Å². The summed E-state index contributed by atoms with van der Waals surface area (Å²) in [6, 6.07) is 0. The SMILES string of the molecule is [O]=[Al][P](=O)(O)O. The molecule has 6 heavy (non-hydrogen) atoms. The molecule has 0 aliphatic heterocycles. The van der Waals surface area contributed by atoms with Crippen LogP contribution in [0.25, 0.3) is 0 Å². The third kappa shape index (κ3) is 4.48. The molecule has 34 valence electrons. The van der Waals surface area contributed by atoms with Crippen LogP contribution >= 0.6 is 6.24 Å². The van der Waals surface area contributed by atoms with E-state index in [9.17, 15) is 8.37 Å².